The summed E-state index contributed by atoms with van der Waals surface area (Å²) in [5, 5.41) is 18.0. The van der Waals surface area contributed by atoms with Gasteiger partial charge in [0.15, 0.2) is 0 Å². The van der Waals surface area contributed by atoms with Gasteiger partial charge in [-0.25, -0.2) is 4.68 Å². The Kier molecular flexibility index (Phi) is 4.39. The predicted octanol–water partition coefficient (Wildman–Crippen LogP) is 1.63. The van der Waals surface area contributed by atoms with Gasteiger partial charge < -0.3 is 10.6 Å². The standard InChI is InChI=1S/C16H18N6O2S/c23-14(9-25-16-19-20-21-22(16)13-6-7-13)17-12-3-1-2-10(8-12)15(24)18-11-4-5-11/h1-3,8,11,13H,4-7,9H2,(H,17,23)(H,18,24). The Hall–Kier alpha value is -2.42. The van der Waals surface area contributed by atoms with Crippen molar-refractivity contribution in [2.24, 2.45) is 0 Å². The van der Waals surface area contributed by atoms with Crippen molar-refractivity contribution >= 4 is 29.3 Å². The van der Waals surface area contributed by atoms with Crippen LogP contribution in [0.3, 0.4) is 0 Å². The molecule has 1 aromatic heterocycles. The fraction of sp³-hybridized carbons (Fsp3) is 0.438. The number of anilines is 1. The summed E-state index contributed by atoms with van der Waals surface area (Å²) in [7, 11) is 0. The lowest BCUT2D eigenvalue weighted by Gasteiger charge is -2.08. The number of nitrogens with one attached hydrogen (secondary N) is 2. The van der Waals surface area contributed by atoms with Crippen molar-refractivity contribution in [1.82, 2.24) is 25.5 Å². The molecule has 2 amide bonds. The number of aromatic nitrogens is 4. The van der Waals surface area contributed by atoms with E-state index >= 15 is 0 Å². The summed E-state index contributed by atoms with van der Waals surface area (Å²) in [6.45, 7) is 0. The molecule has 0 spiro atoms. The van der Waals surface area contributed by atoms with Crippen molar-refractivity contribution < 1.29 is 9.59 Å². The summed E-state index contributed by atoms with van der Waals surface area (Å²) in [5.41, 5.74) is 1.16. The summed E-state index contributed by atoms with van der Waals surface area (Å²) in [6, 6.07) is 7.64. The van der Waals surface area contributed by atoms with Gasteiger partial charge in [0, 0.05) is 17.3 Å². The summed E-state index contributed by atoms with van der Waals surface area (Å²) in [5.74, 6) is -0.0438. The van der Waals surface area contributed by atoms with Crippen LogP contribution in [-0.2, 0) is 4.79 Å². The molecule has 2 aromatic rings. The highest BCUT2D eigenvalue weighted by molar-refractivity contribution is 7.99. The topological polar surface area (TPSA) is 102 Å². The quantitative estimate of drug-likeness (QED) is 0.730. The maximum atomic E-state index is 12.2. The Labute approximate surface area is 148 Å². The molecule has 0 radical (unpaired) electrons. The van der Waals surface area contributed by atoms with E-state index in [0.29, 0.717) is 28.5 Å². The molecule has 2 N–H and O–H groups in total. The molecule has 2 aliphatic carbocycles. The van der Waals surface area contributed by atoms with Gasteiger partial charge in [0.25, 0.3) is 5.91 Å². The second-order valence-electron chi connectivity index (χ2n) is 6.30. The highest BCUT2D eigenvalue weighted by atomic mass is 32.2. The van der Waals surface area contributed by atoms with Gasteiger partial charge in [-0.3, -0.25) is 9.59 Å². The number of nitrogens with zero attached hydrogens (tertiary/aromatic N) is 4. The third kappa shape index (κ3) is 4.16. The van der Waals surface area contributed by atoms with Crippen LogP contribution in [-0.4, -0.2) is 43.8 Å². The van der Waals surface area contributed by atoms with E-state index in [4.69, 9.17) is 0 Å². The van der Waals surface area contributed by atoms with Crippen molar-refractivity contribution in [2.45, 2.75) is 42.9 Å². The molecule has 130 valence electrons. The van der Waals surface area contributed by atoms with E-state index in [9.17, 15) is 9.59 Å². The molecule has 0 saturated heterocycles. The third-order valence-corrected chi connectivity index (χ3v) is 4.94. The first-order chi connectivity index (χ1) is 12.2. The minimum Gasteiger partial charge on any atom is -0.349 e. The number of carbonyl (C=O) groups is 2. The predicted molar refractivity (Wildman–Crippen MR) is 92.4 cm³/mol. The molecule has 2 saturated carbocycles. The minimum atomic E-state index is -0.157. The minimum absolute atomic E-state index is 0.100. The normalized spacial score (nSPS) is 16.5. The van der Waals surface area contributed by atoms with E-state index in [0.717, 1.165) is 25.7 Å². The van der Waals surface area contributed by atoms with Crippen molar-refractivity contribution in [3.63, 3.8) is 0 Å². The van der Waals surface area contributed by atoms with E-state index in [1.54, 1.807) is 28.9 Å². The number of benzene rings is 1. The number of hydrogen-bond donors (Lipinski definition) is 2. The van der Waals surface area contributed by atoms with E-state index in [2.05, 4.69) is 26.2 Å². The van der Waals surface area contributed by atoms with Crippen LogP contribution < -0.4 is 10.6 Å². The number of hydrogen-bond acceptors (Lipinski definition) is 6. The van der Waals surface area contributed by atoms with Gasteiger partial charge in [0.2, 0.25) is 11.1 Å². The smallest absolute Gasteiger partial charge is 0.251 e. The van der Waals surface area contributed by atoms with Crippen molar-refractivity contribution in [2.75, 3.05) is 11.1 Å². The zero-order valence-electron chi connectivity index (χ0n) is 13.5. The fourth-order valence-corrected chi connectivity index (χ4v) is 3.13. The van der Waals surface area contributed by atoms with Gasteiger partial charge in [0.05, 0.1) is 11.8 Å². The Bertz CT molecular complexity index is 799. The van der Waals surface area contributed by atoms with Crippen LogP contribution in [0.25, 0.3) is 0 Å². The molecule has 1 aromatic carbocycles. The number of rotatable bonds is 7. The molecule has 2 aliphatic rings. The van der Waals surface area contributed by atoms with E-state index in [-0.39, 0.29) is 17.6 Å². The van der Waals surface area contributed by atoms with E-state index < -0.39 is 0 Å². The molecule has 0 bridgehead atoms. The fourth-order valence-electron chi connectivity index (χ4n) is 2.39. The average molecular weight is 358 g/mol. The molecular weight excluding hydrogens is 340 g/mol. The number of amides is 2. The van der Waals surface area contributed by atoms with Crippen LogP contribution in [0.4, 0.5) is 5.69 Å². The first-order valence-corrected chi connectivity index (χ1v) is 9.29. The maximum absolute atomic E-state index is 12.2. The zero-order chi connectivity index (χ0) is 17.2. The summed E-state index contributed by atoms with van der Waals surface area (Å²) in [6.07, 6.45) is 4.25. The second kappa shape index (κ2) is 6.83. The molecule has 0 atom stereocenters. The van der Waals surface area contributed by atoms with Crippen LogP contribution in [0, 0.1) is 0 Å². The van der Waals surface area contributed by atoms with E-state index in [1.807, 2.05) is 0 Å². The molecule has 2 fully saturated rings. The first-order valence-electron chi connectivity index (χ1n) is 8.30. The van der Waals surface area contributed by atoms with Gasteiger partial charge in [0.1, 0.15) is 0 Å². The summed E-state index contributed by atoms with van der Waals surface area (Å²) >= 11 is 1.31. The lowest BCUT2D eigenvalue weighted by atomic mass is 10.2. The summed E-state index contributed by atoms with van der Waals surface area (Å²) < 4.78 is 1.78. The van der Waals surface area contributed by atoms with Crippen LogP contribution in [0.2, 0.25) is 0 Å². The lowest BCUT2D eigenvalue weighted by molar-refractivity contribution is -0.113. The molecule has 0 unspecified atom stereocenters. The second-order valence-corrected chi connectivity index (χ2v) is 7.25. The van der Waals surface area contributed by atoms with Gasteiger partial charge in [-0.2, -0.15) is 0 Å². The molecule has 25 heavy (non-hydrogen) atoms. The van der Waals surface area contributed by atoms with Crippen LogP contribution in [0.1, 0.15) is 42.1 Å². The number of thioether (sulfide) groups is 1. The number of tetrazole rings is 1. The van der Waals surface area contributed by atoms with Crippen molar-refractivity contribution in [3.05, 3.63) is 29.8 Å². The van der Waals surface area contributed by atoms with Gasteiger partial charge >= 0.3 is 0 Å². The van der Waals surface area contributed by atoms with Crippen LogP contribution in [0.5, 0.6) is 0 Å². The van der Waals surface area contributed by atoms with Gasteiger partial charge in [-0.05, 0) is 54.3 Å². The van der Waals surface area contributed by atoms with Crippen molar-refractivity contribution in [3.8, 4) is 0 Å². The third-order valence-electron chi connectivity index (χ3n) is 4.01. The Morgan fingerprint density at radius 2 is 2.08 bits per heavy atom. The largest absolute Gasteiger partial charge is 0.349 e. The number of carbonyl (C=O) groups excluding carboxylic acids is 2. The molecule has 1 heterocycles. The Balaban J connectivity index is 1.32. The molecule has 9 heteroatoms. The molecule has 8 nitrogen and oxygen atoms in total. The average Bonchev–Trinajstić information content (AvgIpc) is 3.54. The Morgan fingerprint density at radius 3 is 2.84 bits per heavy atom. The van der Waals surface area contributed by atoms with Gasteiger partial charge in [-0.15, -0.1) is 5.10 Å². The molecule has 0 aliphatic heterocycles. The highest BCUT2D eigenvalue weighted by Crippen LogP contribution is 2.36. The highest BCUT2D eigenvalue weighted by Gasteiger charge is 2.28. The maximum Gasteiger partial charge on any atom is 0.251 e. The Morgan fingerprint density at radius 1 is 1.24 bits per heavy atom. The van der Waals surface area contributed by atoms with Crippen LogP contribution >= 0.6 is 11.8 Å². The molecule has 4 rings (SSSR count). The van der Waals surface area contributed by atoms with Crippen LogP contribution in [0.15, 0.2) is 29.4 Å². The summed E-state index contributed by atoms with van der Waals surface area (Å²) in [4.78, 5) is 24.2. The molecular formula is C16H18N6O2S. The SMILES string of the molecule is O=C(CSc1nnnn1C1CC1)Nc1cccc(C(=O)NC2CC2)c1. The lowest BCUT2D eigenvalue weighted by Crippen LogP contribution is -2.25. The monoisotopic (exact) mass is 358 g/mol. The van der Waals surface area contributed by atoms with Crippen molar-refractivity contribution in [1.29, 1.82) is 0 Å². The van der Waals surface area contributed by atoms with E-state index in [1.165, 1.54) is 11.8 Å². The first kappa shape index (κ1) is 16.1. The van der Waals surface area contributed by atoms with Gasteiger partial charge in [-0.1, -0.05) is 17.8 Å². The zero-order valence-corrected chi connectivity index (χ0v) is 14.3.